The van der Waals surface area contributed by atoms with Crippen LogP contribution < -0.4 is 11.1 Å². The van der Waals surface area contributed by atoms with Gasteiger partial charge in [0.05, 0.1) is 0 Å². The molecule has 0 aromatic carbocycles. The summed E-state index contributed by atoms with van der Waals surface area (Å²) in [7, 11) is 1.27. The molecule has 0 radical (unpaired) electrons. The van der Waals surface area contributed by atoms with E-state index in [9.17, 15) is 19.5 Å². The van der Waals surface area contributed by atoms with Gasteiger partial charge in [0.25, 0.3) is 17.6 Å². The lowest BCUT2D eigenvalue weighted by Crippen LogP contribution is -2.70. The second-order valence-electron chi connectivity index (χ2n) is 7.51. The van der Waals surface area contributed by atoms with Crippen LogP contribution in [0.5, 0.6) is 0 Å². The Labute approximate surface area is 230 Å². The van der Waals surface area contributed by atoms with Crippen molar-refractivity contribution in [2.24, 2.45) is 5.16 Å². The van der Waals surface area contributed by atoms with Gasteiger partial charge >= 0.3 is 6.16 Å². The number of nitrogens with zero attached hydrogens (tertiary/aromatic N) is 7. The van der Waals surface area contributed by atoms with Crippen molar-refractivity contribution < 1.29 is 29.1 Å². The predicted octanol–water partition coefficient (Wildman–Crippen LogP) is 1.27. The molecule has 19 heteroatoms. The first-order valence-corrected chi connectivity index (χ1v) is 13.8. The van der Waals surface area contributed by atoms with Gasteiger partial charge in [0, 0.05) is 28.5 Å². The van der Waals surface area contributed by atoms with Crippen molar-refractivity contribution in [3.05, 3.63) is 40.1 Å². The zero-order valence-electron chi connectivity index (χ0n) is 19.1. The van der Waals surface area contributed by atoms with Gasteiger partial charge in [0.2, 0.25) is 5.88 Å². The normalized spacial score (nSPS) is 19.3. The minimum absolute atomic E-state index is 0.0997. The number of carbonyl (C=O) groups is 3. The Morgan fingerprint density at radius 3 is 2.95 bits per heavy atom. The number of rotatable bonds is 8. The molecule has 198 valence electrons. The van der Waals surface area contributed by atoms with Crippen LogP contribution in [0.4, 0.5) is 9.93 Å². The molecule has 1 fully saturated rings. The van der Waals surface area contributed by atoms with E-state index in [-0.39, 0.29) is 33.3 Å². The number of hydrogen-bond acceptors (Lipinski definition) is 14. The molecule has 3 aromatic heterocycles. The Morgan fingerprint density at radius 1 is 1.42 bits per heavy atom. The first-order valence-electron chi connectivity index (χ1n) is 10.5. The summed E-state index contributed by atoms with van der Waals surface area (Å²) in [5.41, 5.74) is 6.24. The number of hydrogen-bond donors (Lipinski definition) is 3. The molecular weight excluding hydrogens is 582 g/mol. The number of anilines is 1. The fraction of sp³-hybridized carbons (Fsp3) is 0.263. The molecular formula is C19H16ClN9O6S3. The first-order chi connectivity index (χ1) is 18.3. The first kappa shape index (κ1) is 26.0. The van der Waals surface area contributed by atoms with Crippen LogP contribution in [0, 0.1) is 0 Å². The van der Waals surface area contributed by atoms with Crippen molar-refractivity contribution >= 4 is 81.1 Å². The van der Waals surface area contributed by atoms with Crippen LogP contribution in [-0.4, -0.2) is 88.3 Å². The van der Waals surface area contributed by atoms with Gasteiger partial charge < -0.3 is 25.7 Å². The van der Waals surface area contributed by atoms with Gasteiger partial charge in [-0.25, -0.2) is 9.78 Å². The van der Waals surface area contributed by atoms with Gasteiger partial charge in [-0.3, -0.25) is 14.5 Å². The maximum atomic E-state index is 13.1. The third kappa shape index (κ3) is 4.94. The molecule has 2 aliphatic rings. The van der Waals surface area contributed by atoms with Crippen LogP contribution >= 0.6 is 46.5 Å². The minimum Gasteiger partial charge on any atom is -0.449 e. The lowest BCUT2D eigenvalue weighted by molar-refractivity contribution is -0.148. The minimum atomic E-state index is -1.57. The van der Waals surface area contributed by atoms with E-state index in [1.54, 1.807) is 6.07 Å². The standard InChI is InChI=1S/C19H16ClN9O6S3/c1-34-27-11(8-5-38-17(21)24-8)13(30)26-12-14(31)28-15(35-19(32)33)7(4-37-16(12)28)3-36-10-2-9(20)25-18-22-6-23-29(10)18/h2,5-6,12,16H,3-4H2,1H3,(H2,21,24)(H,26,30)(H,32,33)/b27-11-/t12-,16-/m1/s1. The Hall–Kier alpha value is -3.61. The predicted molar refractivity (Wildman–Crippen MR) is 138 cm³/mol. The van der Waals surface area contributed by atoms with Gasteiger partial charge in [-0.15, -0.1) is 34.9 Å². The molecule has 38 heavy (non-hydrogen) atoms. The summed E-state index contributed by atoms with van der Waals surface area (Å²) in [6, 6.07) is 0.640. The molecule has 0 saturated carbocycles. The van der Waals surface area contributed by atoms with Crippen molar-refractivity contribution in [1.82, 2.24) is 34.8 Å². The SMILES string of the molecule is CO/N=C(\C(=O)N[C@@H]1C(=O)N2C(OC(=O)O)=C(CSc3cc(Cl)nc4ncnn34)CS[C@H]12)c1csc(N)n1. The Morgan fingerprint density at radius 2 is 2.24 bits per heavy atom. The van der Waals surface area contributed by atoms with Crippen LogP contribution in [0.25, 0.3) is 5.78 Å². The highest BCUT2D eigenvalue weighted by molar-refractivity contribution is 8.01. The molecule has 15 nitrogen and oxygen atoms in total. The summed E-state index contributed by atoms with van der Waals surface area (Å²) in [5, 5.41) is 21.8. The molecule has 4 N–H and O–H groups in total. The summed E-state index contributed by atoms with van der Waals surface area (Å²) in [4.78, 5) is 55.5. The van der Waals surface area contributed by atoms with E-state index in [2.05, 4.69) is 30.5 Å². The fourth-order valence-corrected chi connectivity index (χ4v) is 6.87. The number of nitrogens with one attached hydrogen (secondary N) is 1. The van der Waals surface area contributed by atoms with Crippen LogP contribution in [0.3, 0.4) is 0 Å². The molecule has 0 aliphatic carbocycles. The summed E-state index contributed by atoms with van der Waals surface area (Å²) >= 11 is 9.82. The van der Waals surface area contributed by atoms with Gasteiger partial charge in [0.1, 0.15) is 40.7 Å². The number of ether oxygens (including phenoxy) is 1. The Bertz CT molecular complexity index is 1510. The van der Waals surface area contributed by atoms with Crippen LogP contribution in [-0.2, 0) is 19.2 Å². The number of aromatic nitrogens is 5. The molecule has 2 atom stereocenters. The monoisotopic (exact) mass is 597 g/mol. The maximum absolute atomic E-state index is 13.1. The highest BCUT2D eigenvalue weighted by Gasteiger charge is 2.54. The van der Waals surface area contributed by atoms with E-state index in [0.717, 1.165) is 11.3 Å². The van der Waals surface area contributed by atoms with Crippen molar-refractivity contribution in [1.29, 1.82) is 0 Å². The molecule has 5 rings (SSSR count). The third-order valence-electron chi connectivity index (χ3n) is 5.21. The fourth-order valence-electron chi connectivity index (χ4n) is 3.63. The molecule has 1 saturated heterocycles. The average Bonchev–Trinajstić information content (AvgIpc) is 3.52. The topological polar surface area (TPSA) is 200 Å². The third-order valence-corrected chi connectivity index (χ3v) is 8.49. The van der Waals surface area contributed by atoms with Crippen LogP contribution in [0.1, 0.15) is 5.69 Å². The van der Waals surface area contributed by atoms with Crippen molar-refractivity contribution in [3.8, 4) is 0 Å². The molecule has 2 amide bonds. The summed E-state index contributed by atoms with van der Waals surface area (Å²) < 4.78 is 6.52. The number of β-lactam (4-membered cyclic amide) rings is 1. The van der Waals surface area contributed by atoms with Gasteiger partial charge in [-0.05, 0) is 0 Å². The van der Waals surface area contributed by atoms with E-state index >= 15 is 0 Å². The molecule has 5 heterocycles. The molecule has 0 unspecified atom stereocenters. The number of nitrogens with two attached hydrogens (primary N) is 1. The van der Waals surface area contributed by atoms with Gasteiger partial charge in [0.15, 0.2) is 10.8 Å². The molecule has 2 aliphatic heterocycles. The van der Waals surface area contributed by atoms with Crippen LogP contribution in [0.2, 0.25) is 5.15 Å². The van der Waals surface area contributed by atoms with E-state index in [4.69, 9.17) is 26.9 Å². The number of carbonyl (C=O) groups excluding carboxylic acids is 2. The number of nitrogen functional groups attached to an aromatic ring is 1. The zero-order valence-corrected chi connectivity index (χ0v) is 22.3. The molecule has 0 bridgehead atoms. The van der Waals surface area contributed by atoms with E-state index < -0.39 is 29.4 Å². The highest BCUT2D eigenvalue weighted by atomic mass is 35.5. The number of fused-ring (bicyclic) bond motifs is 2. The quantitative estimate of drug-likeness (QED) is 0.0837. The number of thiazole rings is 1. The van der Waals surface area contributed by atoms with E-state index in [0.29, 0.717) is 22.1 Å². The lowest BCUT2D eigenvalue weighted by Gasteiger charge is -2.49. The lowest BCUT2D eigenvalue weighted by atomic mass is 10.1. The number of oxime groups is 1. The number of amides is 2. The molecule has 3 aromatic rings. The van der Waals surface area contributed by atoms with Crippen LogP contribution in [0.15, 0.2) is 39.4 Å². The number of halogens is 1. The van der Waals surface area contributed by atoms with E-state index in [1.807, 2.05) is 0 Å². The van der Waals surface area contributed by atoms with E-state index in [1.165, 1.54) is 51.8 Å². The number of carboxylic acid groups (broad SMARTS) is 1. The number of thioether (sulfide) groups is 2. The second kappa shape index (κ2) is 10.6. The van der Waals surface area contributed by atoms with Crippen molar-refractivity contribution in [2.75, 3.05) is 24.3 Å². The Balaban J connectivity index is 1.34. The second-order valence-corrected chi connectivity index (χ2v) is 10.9. The van der Waals surface area contributed by atoms with Gasteiger partial charge in [-0.2, -0.15) is 19.6 Å². The van der Waals surface area contributed by atoms with Crippen molar-refractivity contribution in [2.45, 2.75) is 16.4 Å². The smallest absolute Gasteiger partial charge is 0.449 e. The summed E-state index contributed by atoms with van der Waals surface area (Å²) in [5.74, 6) is -0.451. The highest BCUT2D eigenvalue weighted by Crippen LogP contribution is 2.42. The largest absolute Gasteiger partial charge is 0.512 e. The Kier molecular flexibility index (Phi) is 7.28. The van der Waals surface area contributed by atoms with Crippen molar-refractivity contribution in [3.63, 3.8) is 0 Å². The molecule has 0 spiro atoms. The zero-order chi connectivity index (χ0) is 27.0. The van der Waals surface area contributed by atoms with Gasteiger partial charge in [-0.1, -0.05) is 16.8 Å². The average molecular weight is 598 g/mol. The summed E-state index contributed by atoms with van der Waals surface area (Å²) in [6.45, 7) is 0. The maximum Gasteiger partial charge on any atom is 0.512 e. The summed E-state index contributed by atoms with van der Waals surface area (Å²) in [6.07, 6.45) is -0.240.